The predicted molar refractivity (Wildman–Crippen MR) is 182 cm³/mol. The summed E-state index contributed by atoms with van der Waals surface area (Å²) in [5.74, 6) is 5.87. The molecule has 0 bridgehead atoms. The number of hydrazine groups is 1. The van der Waals surface area contributed by atoms with Crippen molar-refractivity contribution in [2.24, 2.45) is 29.6 Å². The van der Waals surface area contributed by atoms with Crippen molar-refractivity contribution in [2.75, 3.05) is 32.4 Å². The van der Waals surface area contributed by atoms with Crippen molar-refractivity contribution in [2.45, 2.75) is 135 Å². The van der Waals surface area contributed by atoms with E-state index >= 15 is 0 Å². The van der Waals surface area contributed by atoms with Gasteiger partial charge >= 0.3 is 0 Å². The average Bonchev–Trinajstić information content (AvgIpc) is 3.01. The van der Waals surface area contributed by atoms with Gasteiger partial charge in [0.2, 0.25) is 21.8 Å². The Balaban J connectivity index is 1.71. The quantitative estimate of drug-likeness (QED) is 0.145. The van der Waals surface area contributed by atoms with Gasteiger partial charge < -0.3 is 20.4 Å². The second-order valence-electron chi connectivity index (χ2n) is 14.4. The Bertz CT molecular complexity index is 1100. The molecule has 0 aromatic rings. The van der Waals surface area contributed by atoms with E-state index in [0.29, 0.717) is 51.6 Å². The van der Waals surface area contributed by atoms with Gasteiger partial charge in [-0.3, -0.25) is 9.59 Å². The van der Waals surface area contributed by atoms with Gasteiger partial charge in [-0.25, -0.2) is 13.4 Å². The number of carbonyl (C=O) groups is 2. The van der Waals surface area contributed by atoms with Crippen molar-refractivity contribution >= 4 is 21.8 Å². The standard InChI is InChI=1S/C35H62N4O6S/c1-5-11-28-20-29(23-30(21-28)35(43)39(18-6-2)19-7-3)34(42)36-32(22-26-14-16-31(40)17-15-26)33(41)24-38(4)37-46(44,45)25-27-12-9-8-10-13-27/h26-33,37,40-41H,6-10,12-25H2,1-4H3,(H,36,42). The van der Waals surface area contributed by atoms with Crippen molar-refractivity contribution in [3.8, 4) is 11.8 Å². The molecule has 0 aromatic carbocycles. The van der Waals surface area contributed by atoms with E-state index in [1.165, 1.54) is 5.01 Å². The number of nitrogens with zero attached hydrogens (tertiary/aromatic N) is 2. The molecule has 264 valence electrons. The van der Waals surface area contributed by atoms with Gasteiger partial charge in [0.25, 0.3) is 0 Å². The first kappa shape index (κ1) is 38.7. The zero-order chi connectivity index (χ0) is 33.7. The SMILES string of the molecule is CC#CC1CC(C(=O)NC(CC2CCC(O)CC2)C(O)CN(C)NS(=O)(=O)CC2CCCCC2)CC(C(=O)N(CCC)CCC)C1. The summed E-state index contributed by atoms with van der Waals surface area (Å²) < 4.78 is 25.8. The molecule has 3 aliphatic rings. The van der Waals surface area contributed by atoms with Crippen LogP contribution in [0.2, 0.25) is 0 Å². The van der Waals surface area contributed by atoms with E-state index in [1.54, 1.807) is 14.0 Å². The van der Waals surface area contributed by atoms with Crippen LogP contribution in [0.25, 0.3) is 0 Å². The van der Waals surface area contributed by atoms with Crippen LogP contribution >= 0.6 is 0 Å². The zero-order valence-corrected chi connectivity index (χ0v) is 29.7. The number of hydrogen-bond acceptors (Lipinski definition) is 7. The van der Waals surface area contributed by atoms with Crippen molar-refractivity contribution in [1.82, 2.24) is 20.1 Å². The lowest BCUT2D eigenvalue weighted by Crippen LogP contribution is -2.54. The third-order valence-electron chi connectivity index (χ3n) is 10.2. The molecule has 3 aliphatic carbocycles. The first-order chi connectivity index (χ1) is 21.9. The molecule has 0 radical (unpaired) electrons. The summed E-state index contributed by atoms with van der Waals surface area (Å²) in [7, 11) is -1.95. The minimum Gasteiger partial charge on any atom is -0.393 e. The molecule has 3 rings (SSSR count). The monoisotopic (exact) mass is 666 g/mol. The highest BCUT2D eigenvalue weighted by molar-refractivity contribution is 7.89. The molecule has 5 atom stereocenters. The van der Waals surface area contributed by atoms with Crippen LogP contribution in [0.5, 0.6) is 0 Å². The van der Waals surface area contributed by atoms with E-state index < -0.39 is 28.1 Å². The lowest BCUT2D eigenvalue weighted by Gasteiger charge is -2.37. The highest BCUT2D eigenvalue weighted by Gasteiger charge is 2.39. The number of hydrogen-bond donors (Lipinski definition) is 4. The topological polar surface area (TPSA) is 139 Å². The molecule has 0 spiro atoms. The molecule has 10 nitrogen and oxygen atoms in total. The summed E-state index contributed by atoms with van der Waals surface area (Å²) in [5.41, 5.74) is 0. The average molecular weight is 667 g/mol. The molecule has 0 aromatic heterocycles. The third kappa shape index (κ3) is 12.7. The van der Waals surface area contributed by atoms with E-state index in [4.69, 9.17) is 0 Å². The minimum atomic E-state index is -3.57. The highest BCUT2D eigenvalue weighted by Crippen LogP contribution is 2.35. The van der Waals surface area contributed by atoms with E-state index in [9.17, 15) is 28.2 Å². The Morgan fingerprint density at radius 1 is 0.913 bits per heavy atom. The van der Waals surface area contributed by atoms with Gasteiger partial charge in [0.05, 0.1) is 24.0 Å². The van der Waals surface area contributed by atoms with Crippen molar-refractivity contribution in [1.29, 1.82) is 0 Å². The number of nitrogens with one attached hydrogen (secondary N) is 2. The minimum absolute atomic E-state index is 0.0168. The molecule has 2 amide bonds. The van der Waals surface area contributed by atoms with Crippen LogP contribution in [0.15, 0.2) is 0 Å². The van der Waals surface area contributed by atoms with E-state index in [0.717, 1.165) is 57.8 Å². The van der Waals surface area contributed by atoms with Crippen molar-refractivity contribution in [3.63, 3.8) is 0 Å². The van der Waals surface area contributed by atoms with Crippen molar-refractivity contribution < 1.29 is 28.2 Å². The number of aliphatic hydroxyl groups excluding tert-OH is 2. The van der Waals surface area contributed by atoms with Gasteiger partial charge in [0, 0.05) is 44.4 Å². The van der Waals surface area contributed by atoms with E-state index in [-0.39, 0.29) is 53.9 Å². The smallest absolute Gasteiger partial charge is 0.225 e. The number of likely N-dealkylation sites (N-methyl/N-ethyl adjacent to an activating group) is 1. The fourth-order valence-corrected chi connectivity index (χ4v) is 9.50. The normalized spacial score (nSPS) is 27.3. The zero-order valence-electron chi connectivity index (χ0n) is 28.9. The van der Waals surface area contributed by atoms with Gasteiger partial charge in [-0.15, -0.1) is 16.7 Å². The lowest BCUT2D eigenvalue weighted by atomic mass is 9.74. The molecule has 4 N–H and O–H groups in total. The molecule has 0 heterocycles. The van der Waals surface area contributed by atoms with Gasteiger partial charge in [0.1, 0.15) is 0 Å². The number of carbonyl (C=O) groups excluding carboxylic acids is 2. The summed E-state index contributed by atoms with van der Waals surface area (Å²) in [5, 5.41) is 26.1. The number of amides is 2. The van der Waals surface area contributed by atoms with Crippen LogP contribution in [0.1, 0.15) is 117 Å². The van der Waals surface area contributed by atoms with Gasteiger partial charge in [-0.2, -0.15) is 0 Å². The van der Waals surface area contributed by atoms with Crippen LogP contribution in [0, 0.1) is 41.4 Å². The van der Waals surface area contributed by atoms with Crippen LogP contribution in [-0.2, 0) is 19.6 Å². The number of rotatable bonds is 16. The Morgan fingerprint density at radius 3 is 2.15 bits per heavy atom. The molecular weight excluding hydrogens is 604 g/mol. The van der Waals surface area contributed by atoms with Crippen LogP contribution < -0.4 is 10.1 Å². The van der Waals surface area contributed by atoms with Crippen LogP contribution in [-0.4, -0.2) is 91.0 Å². The fraction of sp³-hybridized carbons (Fsp3) is 0.886. The summed E-state index contributed by atoms with van der Waals surface area (Å²) in [6.45, 7) is 7.34. The molecule has 3 saturated carbocycles. The molecule has 0 saturated heterocycles. The first-order valence-electron chi connectivity index (χ1n) is 18.0. The second kappa shape index (κ2) is 19.3. The molecular formula is C35H62N4O6S. The maximum atomic E-state index is 13.9. The number of sulfonamides is 1. The van der Waals surface area contributed by atoms with Crippen LogP contribution in [0.4, 0.5) is 0 Å². The fourth-order valence-electron chi connectivity index (χ4n) is 7.92. The Morgan fingerprint density at radius 2 is 1.54 bits per heavy atom. The maximum Gasteiger partial charge on any atom is 0.225 e. The predicted octanol–water partition coefficient (Wildman–Crippen LogP) is 3.82. The number of aliphatic hydroxyl groups is 2. The lowest BCUT2D eigenvalue weighted by molar-refractivity contribution is -0.139. The van der Waals surface area contributed by atoms with Crippen molar-refractivity contribution in [3.05, 3.63) is 0 Å². The first-order valence-corrected chi connectivity index (χ1v) is 19.7. The Labute approximate surface area is 278 Å². The molecule has 46 heavy (non-hydrogen) atoms. The second-order valence-corrected chi connectivity index (χ2v) is 16.1. The maximum absolute atomic E-state index is 13.9. The summed E-state index contributed by atoms with van der Waals surface area (Å²) >= 11 is 0. The van der Waals surface area contributed by atoms with Gasteiger partial charge in [-0.1, -0.05) is 33.1 Å². The Hall–Kier alpha value is -1.71. The summed E-state index contributed by atoms with van der Waals surface area (Å²) in [6, 6.07) is -0.596. The highest BCUT2D eigenvalue weighted by atomic mass is 32.2. The summed E-state index contributed by atoms with van der Waals surface area (Å²) in [6.07, 6.45) is 10.8. The Kier molecular flexibility index (Phi) is 16.3. The van der Waals surface area contributed by atoms with Gasteiger partial charge in [-0.05, 0) is 95.8 Å². The summed E-state index contributed by atoms with van der Waals surface area (Å²) in [4.78, 5) is 32.1. The molecule has 11 heteroatoms. The molecule has 0 aliphatic heterocycles. The van der Waals surface area contributed by atoms with E-state index in [2.05, 4.69) is 35.8 Å². The third-order valence-corrected chi connectivity index (χ3v) is 11.7. The van der Waals surface area contributed by atoms with E-state index in [1.807, 2.05) is 4.90 Å². The molecule has 5 unspecified atom stereocenters. The largest absolute Gasteiger partial charge is 0.393 e. The molecule has 3 fully saturated rings. The van der Waals surface area contributed by atoms with Gasteiger partial charge in [0.15, 0.2) is 0 Å². The van der Waals surface area contributed by atoms with Crippen LogP contribution in [0.3, 0.4) is 0 Å².